The SMILES string of the molecule is CSc1cc(Cl)c2ccccc2c1B(O)O. The van der Waals surface area contributed by atoms with Gasteiger partial charge in [0.2, 0.25) is 0 Å². The number of thioether (sulfide) groups is 1. The van der Waals surface area contributed by atoms with Crippen LogP contribution in [-0.4, -0.2) is 23.4 Å². The Kier molecular flexibility index (Phi) is 3.45. The maximum atomic E-state index is 9.42. The molecule has 0 aliphatic heterocycles. The third kappa shape index (κ3) is 1.94. The molecule has 0 aliphatic carbocycles. The fraction of sp³-hybridized carbons (Fsp3) is 0.0909. The summed E-state index contributed by atoms with van der Waals surface area (Å²) in [5, 5.41) is 21.1. The molecule has 2 rings (SSSR count). The summed E-state index contributed by atoms with van der Waals surface area (Å²) in [6.07, 6.45) is 1.88. The predicted octanol–water partition coefficient (Wildman–Crippen LogP) is 1.89. The van der Waals surface area contributed by atoms with Crippen LogP contribution in [0.2, 0.25) is 5.02 Å². The molecule has 5 heteroatoms. The summed E-state index contributed by atoms with van der Waals surface area (Å²) in [5.74, 6) is 0. The second kappa shape index (κ2) is 4.68. The Balaban J connectivity index is 2.87. The lowest BCUT2D eigenvalue weighted by Crippen LogP contribution is -2.32. The lowest BCUT2D eigenvalue weighted by molar-refractivity contribution is 0.425. The zero-order valence-corrected chi connectivity index (χ0v) is 10.2. The molecule has 0 heterocycles. The molecule has 0 aromatic heterocycles. The third-order valence-corrected chi connectivity index (χ3v) is 3.57. The molecule has 0 aliphatic rings. The predicted molar refractivity (Wildman–Crippen MR) is 70.6 cm³/mol. The van der Waals surface area contributed by atoms with Gasteiger partial charge in [0.1, 0.15) is 0 Å². The van der Waals surface area contributed by atoms with Crippen molar-refractivity contribution in [2.45, 2.75) is 4.90 Å². The first kappa shape index (κ1) is 11.8. The van der Waals surface area contributed by atoms with Crippen LogP contribution >= 0.6 is 23.4 Å². The highest BCUT2D eigenvalue weighted by molar-refractivity contribution is 7.98. The van der Waals surface area contributed by atoms with E-state index in [-0.39, 0.29) is 0 Å². The first-order chi connectivity index (χ1) is 7.65. The van der Waals surface area contributed by atoms with Crippen molar-refractivity contribution in [1.82, 2.24) is 0 Å². The number of rotatable bonds is 2. The second-order valence-corrected chi connectivity index (χ2v) is 4.65. The lowest BCUT2D eigenvalue weighted by Gasteiger charge is -2.12. The molecule has 0 radical (unpaired) electrons. The average Bonchev–Trinajstić information content (AvgIpc) is 2.28. The van der Waals surface area contributed by atoms with E-state index in [4.69, 9.17) is 11.6 Å². The maximum Gasteiger partial charge on any atom is 0.490 e. The van der Waals surface area contributed by atoms with Gasteiger partial charge < -0.3 is 10.0 Å². The molecule has 0 fully saturated rings. The van der Waals surface area contributed by atoms with E-state index in [1.54, 1.807) is 6.07 Å². The van der Waals surface area contributed by atoms with Crippen molar-refractivity contribution in [2.24, 2.45) is 0 Å². The van der Waals surface area contributed by atoms with Crippen molar-refractivity contribution < 1.29 is 10.0 Å². The van der Waals surface area contributed by atoms with Crippen LogP contribution in [0.1, 0.15) is 0 Å². The highest BCUT2D eigenvalue weighted by Gasteiger charge is 2.20. The quantitative estimate of drug-likeness (QED) is 0.633. The molecule has 0 saturated carbocycles. The minimum Gasteiger partial charge on any atom is -0.423 e. The molecule has 0 unspecified atom stereocenters. The van der Waals surface area contributed by atoms with Crippen LogP contribution in [-0.2, 0) is 0 Å². The fourth-order valence-electron chi connectivity index (χ4n) is 1.76. The highest BCUT2D eigenvalue weighted by Crippen LogP contribution is 2.27. The van der Waals surface area contributed by atoms with Crippen molar-refractivity contribution in [3.63, 3.8) is 0 Å². The standard InChI is InChI=1S/C11H10BClO2S/c1-16-10-6-9(13)7-4-2-3-5-8(7)11(10)12(14)15/h2-6,14-15H,1H3. The second-order valence-electron chi connectivity index (χ2n) is 3.39. The Morgan fingerprint density at radius 1 is 1.19 bits per heavy atom. The Morgan fingerprint density at radius 3 is 2.38 bits per heavy atom. The average molecular weight is 253 g/mol. The number of benzene rings is 2. The summed E-state index contributed by atoms with van der Waals surface area (Å²) in [6, 6.07) is 9.21. The number of fused-ring (bicyclic) bond motifs is 1. The minimum atomic E-state index is -1.48. The van der Waals surface area contributed by atoms with Gasteiger partial charge in [-0.1, -0.05) is 35.9 Å². The number of hydrogen-bond donors (Lipinski definition) is 2. The van der Waals surface area contributed by atoms with Crippen molar-refractivity contribution in [2.75, 3.05) is 6.26 Å². The summed E-state index contributed by atoms with van der Waals surface area (Å²) in [4.78, 5) is 0.790. The normalized spacial score (nSPS) is 10.8. The summed E-state index contributed by atoms with van der Waals surface area (Å²) in [5.41, 5.74) is 0.521. The van der Waals surface area contributed by atoms with Crippen molar-refractivity contribution in [3.8, 4) is 0 Å². The molecular weight excluding hydrogens is 242 g/mol. The molecule has 2 nitrogen and oxygen atoms in total. The molecule has 2 N–H and O–H groups in total. The van der Waals surface area contributed by atoms with E-state index in [0.717, 1.165) is 15.7 Å². The third-order valence-electron chi connectivity index (χ3n) is 2.48. The molecule has 2 aromatic rings. The zero-order chi connectivity index (χ0) is 11.7. The maximum absolute atomic E-state index is 9.42. The Hall–Kier alpha value is -0.675. The minimum absolute atomic E-state index is 0.521. The summed E-state index contributed by atoms with van der Waals surface area (Å²) in [6.45, 7) is 0. The van der Waals surface area contributed by atoms with Crippen LogP contribution < -0.4 is 5.46 Å². The lowest BCUT2D eigenvalue weighted by atomic mass is 9.77. The van der Waals surface area contributed by atoms with Gasteiger partial charge in [0.15, 0.2) is 0 Å². The Morgan fingerprint density at radius 2 is 1.81 bits per heavy atom. The van der Waals surface area contributed by atoms with Crippen LogP contribution in [0.25, 0.3) is 10.8 Å². The van der Waals surface area contributed by atoms with E-state index in [9.17, 15) is 10.0 Å². The van der Waals surface area contributed by atoms with Gasteiger partial charge in [-0.15, -0.1) is 11.8 Å². The van der Waals surface area contributed by atoms with E-state index >= 15 is 0 Å². The molecule has 16 heavy (non-hydrogen) atoms. The van der Waals surface area contributed by atoms with Gasteiger partial charge in [-0.25, -0.2) is 0 Å². The van der Waals surface area contributed by atoms with Gasteiger partial charge in [-0.05, 0) is 17.7 Å². The summed E-state index contributed by atoms with van der Waals surface area (Å²) >= 11 is 7.59. The van der Waals surface area contributed by atoms with Gasteiger partial charge in [-0.2, -0.15) is 0 Å². The number of hydrogen-bond acceptors (Lipinski definition) is 3. The van der Waals surface area contributed by atoms with Gasteiger partial charge in [0, 0.05) is 20.8 Å². The van der Waals surface area contributed by atoms with Crippen LogP contribution in [0, 0.1) is 0 Å². The highest BCUT2D eigenvalue weighted by atomic mass is 35.5. The summed E-state index contributed by atoms with van der Waals surface area (Å²) < 4.78 is 0. The molecule has 82 valence electrons. The van der Waals surface area contributed by atoms with Gasteiger partial charge in [0.25, 0.3) is 0 Å². The van der Waals surface area contributed by atoms with Gasteiger partial charge in [-0.3, -0.25) is 0 Å². The van der Waals surface area contributed by atoms with Crippen molar-refractivity contribution in [3.05, 3.63) is 35.4 Å². The van der Waals surface area contributed by atoms with Crippen LogP contribution in [0.3, 0.4) is 0 Å². The van der Waals surface area contributed by atoms with Crippen molar-refractivity contribution >= 4 is 46.7 Å². The molecule has 0 amide bonds. The van der Waals surface area contributed by atoms with Crippen LogP contribution in [0.5, 0.6) is 0 Å². The van der Waals surface area contributed by atoms with E-state index < -0.39 is 7.12 Å². The van der Waals surface area contributed by atoms with E-state index in [1.807, 2.05) is 30.5 Å². The van der Waals surface area contributed by atoms with E-state index in [1.165, 1.54) is 11.8 Å². The van der Waals surface area contributed by atoms with Crippen LogP contribution in [0.4, 0.5) is 0 Å². The topological polar surface area (TPSA) is 40.5 Å². The molecule has 0 atom stereocenters. The Bertz CT molecular complexity index is 531. The molecule has 0 bridgehead atoms. The molecule has 2 aromatic carbocycles. The molecule has 0 spiro atoms. The van der Waals surface area contributed by atoms with Crippen molar-refractivity contribution in [1.29, 1.82) is 0 Å². The smallest absolute Gasteiger partial charge is 0.423 e. The first-order valence-corrected chi connectivity index (χ1v) is 6.36. The number of halogens is 1. The molecule has 0 saturated heterocycles. The summed E-state index contributed by atoms with van der Waals surface area (Å²) in [7, 11) is -1.48. The Labute approximate surface area is 103 Å². The monoisotopic (exact) mass is 252 g/mol. The first-order valence-electron chi connectivity index (χ1n) is 4.76. The fourth-order valence-corrected chi connectivity index (χ4v) is 2.77. The van der Waals surface area contributed by atoms with E-state index in [2.05, 4.69) is 0 Å². The van der Waals surface area contributed by atoms with Gasteiger partial charge >= 0.3 is 7.12 Å². The van der Waals surface area contributed by atoms with E-state index in [0.29, 0.717) is 10.5 Å². The largest absolute Gasteiger partial charge is 0.490 e. The van der Waals surface area contributed by atoms with Gasteiger partial charge in [0.05, 0.1) is 0 Å². The zero-order valence-electron chi connectivity index (χ0n) is 8.64. The molecular formula is C11H10BClO2S. The van der Waals surface area contributed by atoms with Crippen LogP contribution in [0.15, 0.2) is 35.2 Å².